The first-order valence-corrected chi connectivity index (χ1v) is 9.81. The number of hydrogen-bond donors (Lipinski definition) is 1. The zero-order chi connectivity index (χ0) is 18.4. The van der Waals surface area contributed by atoms with Gasteiger partial charge in [0.1, 0.15) is 0 Å². The van der Waals surface area contributed by atoms with Crippen LogP contribution in [0.5, 0.6) is 0 Å². The number of carbonyl (C=O) groups excluding carboxylic acids is 1. The maximum atomic E-state index is 12.6. The zero-order valence-electron chi connectivity index (χ0n) is 16.1. The molecule has 0 aromatic heterocycles. The van der Waals surface area contributed by atoms with Crippen LogP contribution < -0.4 is 5.32 Å². The average molecular weight is 361 g/mol. The molecular weight excluding hydrogens is 328 g/mol. The normalized spacial score (nSPS) is 19.7. The Kier molecular flexibility index (Phi) is 6.88. The lowest BCUT2D eigenvalue weighted by molar-refractivity contribution is 0.0311. The fourth-order valence-corrected chi connectivity index (χ4v) is 3.59. The molecule has 6 nitrogen and oxygen atoms in total. The van der Waals surface area contributed by atoms with E-state index in [-0.39, 0.29) is 6.03 Å². The lowest BCUT2D eigenvalue weighted by Gasteiger charge is -2.36. The standard InChI is InChI=1S/C20H32N4O2/c1-17(2)18-5-3-4-6-19(18)21-20(25)24-11-9-22(10-12-24)7-8-23-13-15-26-16-14-23/h3-6,17H,7-16H2,1-2H3,(H,21,25). The molecule has 1 N–H and O–H groups in total. The van der Waals surface area contributed by atoms with Crippen LogP contribution in [0.4, 0.5) is 10.5 Å². The van der Waals surface area contributed by atoms with Crippen molar-refractivity contribution in [3.05, 3.63) is 29.8 Å². The molecule has 0 aliphatic carbocycles. The van der Waals surface area contributed by atoms with Gasteiger partial charge in [0.05, 0.1) is 13.2 Å². The number of rotatable bonds is 5. The molecule has 2 saturated heterocycles. The fraction of sp³-hybridized carbons (Fsp3) is 0.650. The van der Waals surface area contributed by atoms with Gasteiger partial charge in [0.2, 0.25) is 0 Å². The van der Waals surface area contributed by atoms with Crippen molar-refractivity contribution < 1.29 is 9.53 Å². The molecule has 1 aromatic carbocycles. The Balaban J connectivity index is 1.43. The third kappa shape index (κ3) is 5.19. The molecule has 0 atom stereocenters. The van der Waals surface area contributed by atoms with Crippen LogP contribution in [0.15, 0.2) is 24.3 Å². The number of benzene rings is 1. The number of para-hydroxylation sites is 1. The van der Waals surface area contributed by atoms with Gasteiger partial charge in [-0.25, -0.2) is 4.79 Å². The molecular formula is C20H32N4O2. The molecule has 26 heavy (non-hydrogen) atoms. The SMILES string of the molecule is CC(C)c1ccccc1NC(=O)N1CCN(CCN2CCOCC2)CC1. The Morgan fingerprint density at radius 3 is 2.27 bits per heavy atom. The van der Waals surface area contributed by atoms with E-state index in [9.17, 15) is 4.79 Å². The summed E-state index contributed by atoms with van der Waals surface area (Å²) in [5.41, 5.74) is 2.12. The van der Waals surface area contributed by atoms with Crippen LogP contribution in [0.25, 0.3) is 0 Å². The summed E-state index contributed by atoms with van der Waals surface area (Å²) in [7, 11) is 0. The number of amides is 2. The number of urea groups is 1. The van der Waals surface area contributed by atoms with Gasteiger partial charge >= 0.3 is 6.03 Å². The van der Waals surface area contributed by atoms with Crippen molar-refractivity contribution in [2.45, 2.75) is 19.8 Å². The second kappa shape index (κ2) is 9.35. The summed E-state index contributed by atoms with van der Waals surface area (Å²) in [6, 6.07) is 8.10. The Hall–Kier alpha value is -1.63. The summed E-state index contributed by atoms with van der Waals surface area (Å²) < 4.78 is 5.40. The molecule has 0 spiro atoms. The summed E-state index contributed by atoms with van der Waals surface area (Å²) >= 11 is 0. The number of piperazine rings is 1. The minimum Gasteiger partial charge on any atom is -0.379 e. The summed E-state index contributed by atoms with van der Waals surface area (Å²) in [5.74, 6) is 0.392. The second-order valence-electron chi connectivity index (χ2n) is 7.45. The van der Waals surface area contributed by atoms with E-state index in [1.165, 1.54) is 5.56 Å². The third-order valence-electron chi connectivity index (χ3n) is 5.32. The van der Waals surface area contributed by atoms with E-state index in [2.05, 4.69) is 35.0 Å². The summed E-state index contributed by atoms with van der Waals surface area (Å²) in [6.45, 7) is 13.7. The molecule has 144 valence electrons. The van der Waals surface area contributed by atoms with Gasteiger partial charge < -0.3 is 15.0 Å². The van der Waals surface area contributed by atoms with Gasteiger partial charge in [0, 0.05) is 58.0 Å². The molecule has 2 amide bonds. The first-order chi connectivity index (χ1) is 12.6. The number of hydrogen-bond acceptors (Lipinski definition) is 4. The first kappa shape index (κ1) is 19.1. The minimum absolute atomic E-state index is 0.0194. The molecule has 6 heteroatoms. The van der Waals surface area contributed by atoms with Crippen molar-refractivity contribution in [3.8, 4) is 0 Å². The lowest BCUT2D eigenvalue weighted by atomic mass is 10.0. The third-order valence-corrected chi connectivity index (χ3v) is 5.32. The van der Waals surface area contributed by atoms with Crippen molar-refractivity contribution in [3.63, 3.8) is 0 Å². The molecule has 0 unspecified atom stereocenters. The van der Waals surface area contributed by atoms with Gasteiger partial charge in [-0.1, -0.05) is 32.0 Å². The number of anilines is 1. The Bertz CT molecular complexity index is 579. The summed E-state index contributed by atoms with van der Waals surface area (Å²) in [6.07, 6.45) is 0. The molecule has 2 aliphatic rings. The molecule has 0 saturated carbocycles. The van der Waals surface area contributed by atoms with Gasteiger partial charge in [-0.2, -0.15) is 0 Å². The van der Waals surface area contributed by atoms with Gasteiger partial charge in [-0.05, 0) is 17.5 Å². The van der Waals surface area contributed by atoms with E-state index in [1.807, 2.05) is 23.1 Å². The van der Waals surface area contributed by atoms with E-state index >= 15 is 0 Å². The fourth-order valence-electron chi connectivity index (χ4n) is 3.59. The van der Waals surface area contributed by atoms with Crippen LogP contribution >= 0.6 is 0 Å². The number of ether oxygens (including phenoxy) is 1. The Labute approximate surface area is 157 Å². The minimum atomic E-state index is 0.0194. The van der Waals surface area contributed by atoms with Crippen LogP contribution in [0.3, 0.4) is 0 Å². The molecule has 3 rings (SSSR count). The van der Waals surface area contributed by atoms with Crippen LogP contribution in [-0.4, -0.2) is 86.3 Å². The summed E-state index contributed by atoms with van der Waals surface area (Å²) in [5, 5.41) is 3.11. The van der Waals surface area contributed by atoms with Crippen LogP contribution in [0.1, 0.15) is 25.3 Å². The highest BCUT2D eigenvalue weighted by Gasteiger charge is 2.22. The number of nitrogens with one attached hydrogen (secondary N) is 1. The van der Waals surface area contributed by atoms with Crippen molar-refractivity contribution in [2.75, 3.05) is 70.9 Å². The monoisotopic (exact) mass is 360 g/mol. The van der Waals surface area contributed by atoms with E-state index in [0.717, 1.165) is 71.3 Å². The average Bonchev–Trinajstić information content (AvgIpc) is 2.68. The number of nitrogens with zero attached hydrogens (tertiary/aromatic N) is 3. The van der Waals surface area contributed by atoms with Gasteiger partial charge in [0.15, 0.2) is 0 Å². The van der Waals surface area contributed by atoms with E-state index in [4.69, 9.17) is 4.74 Å². The van der Waals surface area contributed by atoms with Crippen molar-refractivity contribution >= 4 is 11.7 Å². The molecule has 2 aliphatic heterocycles. The van der Waals surface area contributed by atoms with E-state index < -0.39 is 0 Å². The predicted molar refractivity (Wildman–Crippen MR) is 105 cm³/mol. The highest BCUT2D eigenvalue weighted by Crippen LogP contribution is 2.24. The van der Waals surface area contributed by atoms with E-state index in [0.29, 0.717) is 5.92 Å². The molecule has 2 fully saturated rings. The first-order valence-electron chi connectivity index (χ1n) is 9.81. The van der Waals surface area contributed by atoms with Gasteiger partial charge in [0.25, 0.3) is 0 Å². The lowest BCUT2D eigenvalue weighted by Crippen LogP contribution is -2.52. The van der Waals surface area contributed by atoms with Crippen molar-refractivity contribution in [2.24, 2.45) is 0 Å². The van der Waals surface area contributed by atoms with Crippen molar-refractivity contribution in [1.29, 1.82) is 0 Å². The predicted octanol–water partition coefficient (Wildman–Crippen LogP) is 2.29. The molecule has 0 bridgehead atoms. The smallest absolute Gasteiger partial charge is 0.321 e. The number of morpholine rings is 1. The van der Waals surface area contributed by atoms with Crippen molar-refractivity contribution in [1.82, 2.24) is 14.7 Å². The molecule has 0 radical (unpaired) electrons. The largest absolute Gasteiger partial charge is 0.379 e. The Morgan fingerprint density at radius 2 is 1.62 bits per heavy atom. The molecule has 1 aromatic rings. The van der Waals surface area contributed by atoms with Gasteiger partial charge in [-0.15, -0.1) is 0 Å². The zero-order valence-corrected chi connectivity index (χ0v) is 16.1. The molecule has 2 heterocycles. The highest BCUT2D eigenvalue weighted by atomic mass is 16.5. The Morgan fingerprint density at radius 1 is 1.00 bits per heavy atom. The summed E-state index contributed by atoms with van der Waals surface area (Å²) in [4.78, 5) is 19.5. The van der Waals surface area contributed by atoms with Crippen LogP contribution in [0, 0.1) is 0 Å². The quantitative estimate of drug-likeness (QED) is 0.875. The van der Waals surface area contributed by atoms with Gasteiger partial charge in [-0.3, -0.25) is 9.80 Å². The highest BCUT2D eigenvalue weighted by molar-refractivity contribution is 5.90. The number of carbonyl (C=O) groups is 1. The maximum Gasteiger partial charge on any atom is 0.321 e. The van der Waals surface area contributed by atoms with Crippen LogP contribution in [0.2, 0.25) is 0 Å². The topological polar surface area (TPSA) is 48.1 Å². The second-order valence-corrected chi connectivity index (χ2v) is 7.45. The van der Waals surface area contributed by atoms with E-state index in [1.54, 1.807) is 0 Å². The van der Waals surface area contributed by atoms with Crippen LogP contribution in [-0.2, 0) is 4.74 Å². The maximum absolute atomic E-state index is 12.6.